The Hall–Kier alpha value is -0.720. The van der Waals surface area contributed by atoms with Crippen molar-refractivity contribution in [2.75, 3.05) is 32.1 Å². The summed E-state index contributed by atoms with van der Waals surface area (Å²) in [6.07, 6.45) is 2.40. The van der Waals surface area contributed by atoms with Crippen LogP contribution in [0.1, 0.15) is 25.6 Å². The normalized spacial score (nSPS) is 25.3. The number of aliphatic hydroxyl groups excluding tert-OH is 1. The van der Waals surface area contributed by atoms with Crippen molar-refractivity contribution in [1.29, 1.82) is 0 Å². The standard InChI is InChI=1S/C12H22N4OS/c1-9-5-4-6-16(10(9)8-17)7-11-13-12(15(2)3)18-14-11/h9-10,17H,4-8H2,1-3H3. The summed E-state index contributed by atoms with van der Waals surface area (Å²) in [6, 6.07) is 0.255. The minimum Gasteiger partial charge on any atom is -0.395 e. The summed E-state index contributed by atoms with van der Waals surface area (Å²) in [4.78, 5) is 8.80. The van der Waals surface area contributed by atoms with Gasteiger partial charge in [-0.15, -0.1) is 0 Å². The fourth-order valence-electron chi connectivity index (χ4n) is 2.50. The lowest BCUT2D eigenvalue weighted by atomic mass is 9.91. The van der Waals surface area contributed by atoms with Gasteiger partial charge >= 0.3 is 0 Å². The maximum Gasteiger partial charge on any atom is 0.204 e. The van der Waals surface area contributed by atoms with E-state index in [1.165, 1.54) is 24.4 Å². The minimum atomic E-state index is 0.228. The second-order valence-corrected chi connectivity index (χ2v) is 5.96. The van der Waals surface area contributed by atoms with Gasteiger partial charge < -0.3 is 10.0 Å². The van der Waals surface area contributed by atoms with Crippen LogP contribution in [-0.4, -0.2) is 52.7 Å². The second-order valence-electron chi connectivity index (χ2n) is 5.23. The first-order valence-electron chi connectivity index (χ1n) is 6.46. The van der Waals surface area contributed by atoms with E-state index in [4.69, 9.17) is 0 Å². The zero-order valence-electron chi connectivity index (χ0n) is 11.3. The molecule has 6 heteroatoms. The molecule has 0 aliphatic carbocycles. The van der Waals surface area contributed by atoms with Gasteiger partial charge in [0.25, 0.3) is 0 Å². The predicted octanol–water partition coefficient (Wildman–Crippen LogP) is 1.20. The minimum absolute atomic E-state index is 0.228. The van der Waals surface area contributed by atoms with Crippen LogP contribution in [0.3, 0.4) is 0 Å². The van der Waals surface area contributed by atoms with Crippen molar-refractivity contribution < 1.29 is 5.11 Å². The van der Waals surface area contributed by atoms with Crippen molar-refractivity contribution in [3.8, 4) is 0 Å². The number of hydrogen-bond acceptors (Lipinski definition) is 6. The summed E-state index contributed by atoms with van der Waals surface area (Å²) in [5, 5.41) is 10.5. The Bertz CT molecular complexity index is 382. The summed E-state index contributed by atoms with van der Waals surface area (Å²) >= 11 is 1.43. The van der Waals surface area contributed by atoms with Crippen LogP contribution in [0.5, 0.6) is 0 Å². The van der Waals surface area contributed by atoms with Crippen LogP contribution in [0.25, 0.3) is 0 Å². The van der Waals surface area contributed by atoms with Gasteiger partial charge in [0.1, 0.15) is 0 Å². The zero-order valence-corrected chi connectivity index (χ0v) is 12.2. The first-order valence-corrected chi connectivity index (χ1v) is 7.24. The number of rotatable bonds is 4. The lowest BCUT2D eigenvalue weighted by molar-refractivity contribution is 0.0457. The van der Waals surface area contributed by atoms with E-state index < -0.39 is 0 Å². The molecule has 0 saturated carbocycles. The molecule has 0 radical (unpaired) electrons. The van der Waals surface area contributed by atoms with Gasteiger partial charge in [-0.25, -0.2) is 4.98 Å². The molecule has 2 heterocycles. The predicted molar refractivity (Wildman–Crippen MR) is 73.9 cm³/mol. The molecule has 0 amide bonds. The highest BCUT2D eigenvalue weighted by Crippen LogP contribution is 2.25. The Balaban J connectivity index is 2.02. The molecule has 5 nitrogen and oxygen atoms in total. The number of aliphatic hydroxyl groups is 1. The SMILES string of the molecule is CC1CCCN(Cc2nsc(N(C)C)n2)C1CO. The molecule has 0 aromatic carbocycles. The fourth-order valence-corrected chi connectivity index (χ4v) is 3.09. The summed E-state index contributed by atoms with van der Waals surface area (Å²) < 4.78 is 4.39. The summed E-state index contributed by atoms with van der Waals surface area (Å²) in [5.74, 6) is 1.42. The average molecular weight is 270 g/mol. The smallest absolute Gasteiger partial charge is 0.204 e. The van der Waals surface area contributed by atoms with Crippen LogP contribution in [-0.2, 0) is 6.54 Å². The molecule has 0 spiro atoms. The van der Waals surface area contributed by atoms with Crippen molar-refractivity contribution in [2.45, 2.75) is 32.4 Å². The summed E-state index contributed by atoms with van der Waals surface area (Å²) in [7, 11) is 3.95. The van der Waals surface area contributed by atoms with E-state index >= 15 is 0 Å². The van der Waals surface area contributed by atoms with Crippen LogP contribution in [0, 0.1) is 5.92 Å². The number of hydrogen-bond donors (Lipinski definition) is 1. The van der Waals surface area contributed by atoms with Crippen LogP contribution in [0.4, 0.5) is 5.13 Å². The first kappa shape index (κ1) is 13.7. The molecule has 1 aliphatic rings. The van der Waals surface area contributed by atoms with E-state index in [2.05, 4.69) is 21.2 Å². The topological polar surface area (TPSA) is 52.5 Å². The van der Waals surface area contributed by atoms with Crippen LogP contribution >= 0.6 is 11.5 Å². The lowest BCUT2D eigenvalue weighted by Crippen LogP contribution is -2.46. The Labute approximate surface area is 113 Å². The molecule has 1 fully saturated rings. The van der Waals surface area contributed by atoms with E-state index in [0.717, 1.165) is 24.0 Å². The van der Waals surface area contributed by atoms with E-state index in [1.54, 1.807) is 0 Å². The molecule has 1 aromatic heterocycles. The number of nitrogens with zero attached hydrogens (tertiary/aromatic N) is 4. The lowest BCUT2D eigenvalue weighted by Gasteiger charge is -2.38. The third-order valence-electron chi connectivity index (χ3n) is 3.60. The molecule has 2 atom stereocenters. The van der Waals surface area contributed by atoms with Crippen LogP contribution in [0.2, 0.25) is 0 Å². The van der Waals surface area contributed by atoms with Gasteiger partial charge in [-0.1, -0.05) is 6.92 Å². The quantitative estimate of drug-likeness (QED) is 0.891. The van der Waals surface area contributed by atoms with Crippen molar-refractivity contribution in [3.63, 3.8) is 0 Å². The molecule has 0 bridgehead atoms. The van der Waals surface area contributed by atoms with E-state index in [-0.39, 0.29) is 12.6 Å². The molecule has 1 N–H and O–H groups in total. The van der Waals surface area contributed by atoms with Gasteiger partial charge in [0.2, 0.25) is 5.13 Å². The highest BCUT2D eigenvalue weighted by atomic mass is 32.1. The van der Waals surface area contributed by atoms with Crippen molar-refractivity contribution >= 4 is 16.7 Å². The van der Waals surface area contributed by atoms with Crippen molar-refractivity contribution in [2.24, 2.45) is 5.92 Å². The third kappa shape index (κ3) is 2.99. The zero-order chi connectivity index (χ0) is 13.1. The van der Waals surface area contributed by atoms with Crippen LogP contribution in [0.15, 0.2) is 0 Å². The highest BCUT2D eigenvalue weighted by molar-refractivity contribution is 7.09. The van der Waals surface area contributed by atoms with Crippen molar-refractivity contribution in [1.82, 2.24) is 14.3 Å². The maximum absolute atomic E-state index is 9.52. The van der Waals surface area contributed by atoms with Crippen molar-refractivity contribution in [3.05, 3.63) is 5.82 Å². The average Bonchev–Trinajstić information content (AvgIpc) is 2.78. The Morgan fingerprint density at radius 2 is 2.28 bits per heavy atom. The summed E-state index contributed by atoms with van der Waals surface area (Å²) in [5.41, 5.74) is 0. The largest absolute Gasteiger partial charge is 0.395 e. The Kier molecular flexibility index (Phi) is 4.53. The fraction of sp³-hybridized carbons (Fsp3) is 0.833. The Morgan fingerprint density at radius 3 is 2.89 bits per heavy atom. The Morgan fingerprint density at radius 1 is 1.50 bits per heavy atom. The molecular formula is C12H22N4OS. The summed E-state index contributed by atoms with van der Waals surface area (Å²) in [6.45, 7) is 4.23. The molecule has 18 heavy (non-hydrogen) atoms. The molecule has 1 aliphatic heterocycles. The number of piperidine rings is 1. The number of likely N-dealkylation sites (tertiary alicyclic amines) is 1. The van der Waals surface area contributed by atoms with E-state index in [1.807, 2.05) is 19.0 Å². The van der Waals surface area contributed by atoms with E-state index in [0.29, 0.717) is 5.92 Å². The van der Waals surface area contributed by atoms with Gasteiger partial charge in [-0.05, 0) is 25.3 Å². The first-order chi connectivity index (χ1) is 8.61. The van der Waals surface area contributed by atoms with Gasteiger partial charge in [-0.3, -0.25) is 4.90 Å². The number of aromatic nitrogens is 2. The third-order valence-corrected chi connectivity index (χ3v) is 4.52. The van der Waals surface area contributed by atoms with Crippen LogP contribution < -0.4 is 4.90 Å². The monoisotopic (exact) mass is 270 g/mol. The maximum atomic E-state index is 9.52. The molecule has 102 valence electrons. The number of anilines is 1. The van der Waals surface area contributed by atoms with Gasteiger partial charge in [0.15, 0.2) is 5.82 Å². The molecule has 1 aromatic rings. The molecule has 2 unspecified atom stereocenters. The molecular weight excluding hydrogens is 248 g/mol. The van der Waals surface area contributed by atoms with Gasteiger partial charge in [-0.2, -0.15) is 4.37 Å². The second kappa shape index (κ2) is 5.95. The van der Waals surface area contributed by atoms with E-state index in [9.17, 15) is 5.11 Å². The van der Waals surface area contributed by atoms with Gasteiger partial charge in [0, 0.05) is 31.7 Å². The molecule has 1 saturated heterocycles. The van der Waals surface area contributed by atoms with Gasteiger partial charge in [0.05, 0.1) is 13.2 Å². The molecule has 2 rings (SSSR count). The highest BCUT2D eigenvalue weighted by Gasteiger charge is 2.28.